The molecule has 0 aromatic heterocycles. The Hall–Kier alpha value is -0.410. The zero-order valence-corrected chi connectivity index (χ0v) is 7.92. The fourth-order valence-corrected chi connectivity index (χ4v) is 1.06. The third kappa shape index (κ3) is 1.84. The van der Waals surface area contributed by atoms with Crippen LogP contribution in [0.2, 0.25) is 0 Å². The summed E-state index contributed by atoms with van der Waals surface area (Å²) in [4.78, 5) is 11.2. The van der Waals surface area contributed by atoms with Crippen molar-refractivity contribution in [3.05, 3.63) is 0 Å². The van der Waals surface area contributed by atoms with Gasteiger partial charge in [-0.1, -0.05) is 0 Å². The highest BCUT2D eigenvalue weighted by Gasteiger charge is 2.43. The minimum atomic E-state index is -0.329. The zero-order chi connectivity index (χ0) is 9.19. The topological polar surface area (TPSA) is 35.5 Å². The Balaban J connectivity index is 2.40. The van der Waals surface area contributed by atoms with Crippen molar-refractivity contribution in [2.75, 3.05) is 19.8 Å². The SMILES string of the molecule is CC(=O)C1(COC(C)C)COC1. The first kappa shape index (κ1) is 9.68. The van der Waals surface area contributed by atoms with Crippen LogP contribution in [-0.4, -0.2) is 31.7 Å². The molecule has 12 heavy (non-hydrogen) atoms. The van der Waals surface area contributed by atoms with Crippen LogP contribution in [0.1, 0.15) is 20.8 Å². The number of hydrogen-bond donors (Lipinski definition) is 0. The van der Waals surface area contributed by atoms with E-state index in [0.29, 0.717) is 19.8 Å². The molecular weight excluding hydrogens is 156 g/mol. The maximum absolute atomic E-state index is 11.2. The van der Waals surface area contributed by atoms with Gasteiger partial charge in [0.05, 0.1) is 31.3 Å². The van der Waals surface area contributed by atoms with Gasteiger partial charge >= 0.3 is 0 Å². The first-order chi connectivity index (χ1) is 5.57. The summed E-state index contributed by atoms with van der Waals surface area (Å²) in [5.41, 5.74) is -0.329. The van der Waals surface area contributed by atoms with Crippen molar-refractivity contribution in [1.82, 2.24) is 0 Å². The second-order valence-corrected chi connectivity index (χ2v) is 3.69. The highest BCUT2D eigenvalue weighted by molar-refractivity contribution is 5.83. The number of carbonyl (C=O) groups is 1. The Labute approximate surface area is 73.0 Å². The predicted octanol–water partition coefficient (Wildman–Crippen LogP) is 1.02. The van der Waals surface area contributed by atoms with Crippen molar-refractivity contribution in [3.63, 3.8) is 0 Å². The van der Waals surface area contributed by atoms with Crippen LogP contribution in [-0.2, 0) is 14.3 Å². The molecule has 0 aromatic carbocycles. The van der Waals surface area contributed by atoms with Crippen LogP contribution in [0, 0.1) is 5.41 Å². The lowest BCUT2D eigenvalue weighted by molar-refractivity contribution is -0.173. The van der Waals surface area contributed by atoms with Gasteiger partial charge in [0, 0.05) is 0 Å². The molecule has 1 fully saturated rings. The number of ether oxygens (including phenoxy) is 2. The molecule has 1 rings (SSSR count). The number of ketones is 1. The van der Waals surface area contributed by atoms with Crippen LogP contribution >= 0.6 is 0 Å². The third-order valence-corrected chi connectivity index (χ3v) is 2.20. The molecule has 0 saturated carbocycles. The lowest BCUT2D eigenvalue weighted by atomic mass is 9.83. The molecule has 0 spiro atoms. The average molecular weight is 172 g/mol. The minimum Gasteiger partial charge on any atom is -0.379 e. The van der Waals surface area contributed by atoms with Crippen LogP contribution in [0.15, 0.2) is 0 Å². The van der Waals surface area contributed by atoms with Gasteiger partial charge in [-0.25, -0.2) is 0 Å². The van der Waals surface area contributed by atoms with E-state index in [1.54, 1.807) is 6.92 Å². The van der Waals surface area contributed by atoms with E-state index in [9.17, 15) is 4.79 Å². The normalized spacial score (nSPS) is 20.7. The van der Waals surface area contributed by atoms with Crippen molar-refractivity contribution in [2.24, 2.45) is 5.41 Å². The summed E-state index contributed by atoms with van der Waals surface area (Å²) >= 11 is 0. The van der Waals surface area contributed by atoms with Gasteiger partial charge in [0.2, 0.25) is 0 Å². The summed E-state index contributed by atoms with van der Waals surface area (Å²) in [5, 5.41) is 0. The Morgan fingerprint density at radius 1 is 1.58 bits per heavy atom. The summed E-state index contributed by atoms with van der Waals surface area (Å²) < 4.78 is 10.4. The quantitative estimate of drug-likeness (QED) is 0.635. The van der Waals surface area contributed by atoms with E-state index in [-0.39, 0.29) is 17.3 Å². The van der Waals surface area contributed by atoms with Crippen LogP contribution in [0.5, 0.6) is 0 Å². The lowest BCUT2D eigenvalue weighted by Gasteiger charge is -2.39. The Bertz CT molecular complexity index is 171. The molecular formula is C9H16O3. The maximum atomic E-state index is 11.2. The van der Waals surface area contributed by atoms with Crippen molar-refractivity contribution in [1.29, 1.82) is 0 Å². The summed E-state index contributed by atoms with van der Waals surface area (Å²) in [5.74, 6) is 0.175. The zero-order valence-electron chi connectivity index (χ0n) is 7.92. The second kappa shape index (κ2) is 3.54. The van der Waals surface area contributed by atoms with E-state index >= 15 is 0 Å². The fraction of sp³-hybridized carbons (Fsp3) is 0.889. The van der Waals surface area contributed by atoms with Crippen molar-refractivity contribution in [2.45, 2.75) is 26.9 Å². The third-order valence-electron chi connectivity index (χ3n) is 2.20. The van der Waals surface area contributed by atoms with Gasteiger partial charge in [0.15, 0.2) is 0 Å². The number of rotatable bonds is 4. The van der Waals surface area contributed by atoms with Crippen LogP contribution in [0.25, 0.3) is 0 Å². The molecule has 0 bridgehead atoms. The predicted molar refractivity (Wildman–Crippen MR) is 45.0 cm³/mol. The summed E-state index contributed by atoms with van der Waals surface area (Å²) in [6.45, 7) is 7.08. The van der Waals surface area contributed by atoms with Crippen LogP contribution < -0.4 is 0 Å². The Morgan fingerprint density at radius 3 is 2.42 bits per heavy atom. The molecule has 0 amide bonds. The van der Waals surface area contributed by atoms with E-state index < -0.39 is 0 Å². The standard InChI is InChI=1S/C9H16O3/c1-7(2)12-6-9(8(3)10)4-11-5-9/h7H,4-6H2,1-3H3. The molecule has 3 heteroatoms. The molecule has 1 aliphatic rings. The van der Waals surface area contributed by atoms with Crippen LogP contribution in [0.4, 0.5) is 0 Å². The molecule has 0 aliphatic carbocycles. The molecule has 3 nitrogen and oxygen atoms in total. The van der Waals surface area contributed by atoms with E-state index in [2.05, 4.69) is 0 Å². The molecule has 0 N–H and O–H groups in total. The number of hydrogen-bond acceptors (Lipinski definition) is 3. The minimum absolute atomic E-state index is 0.175. The van der Waals surface area contributed by atoms with E-state index in [1.165, 1.54) is 0 Å². The summed E-state index contributed by atoms with van der Waals surface area (Å²) in [6.07, 6.45) is 0.182. The first-order valence-electron chi connectivity index (χ1n) is 4.27. The largest absolute Gasteiger partial charge is 0.379 e. The Morgan fingerprint density at radius 2 is 2.17 bits per heavy atom. The molecule has 70 valence electrons. The van der Waals surface area contributed by atoms with Crippen molar-refractivity contribution in [3.8, 4) is 0 Å². The van der Waals surface area contributed by atoms with E-state index in [1.807, 2.05) is 13.8 Å². The molecule has 0 unspecified atom stereocenters. The molecule has 0 radical (unpaired) electrons. The monoisotopic (exact) mass is 172 g/mol. The fourth-order valence-electron chi connectivity index (χ4n) is 1.06. The molecule has 0 atom stereocenters. The van der Waals surface area contributed by atoms with E-state index in [4.69, 9.17) is 9.47 Å². The van der Waals surface area contributed by atoms with Gasteiger partial charge in [-0.2, -0.15) is 0 Å². The summed E-state index contributed by atoms with van der Waals surface area (Å²) in [6, 6.07) is 0. The van der Waals surface area contributed by atoms with E-state index in [0.717, 1.165) is 0 Å². The second-order valence-electron chi connectivity index (χ2n) is 3.69. The van der Waals surface area contributed by atoms with Crippen molar-refractivity contribution >= 4 is 5.78 Å². The van der Waals surface area contributed by atoms with Gasteiger partial charge in [-0.3, -0.25) is 4.79 Å². The molecule has 0 aromatic rings. The van der Waals surface area contributed by atoms with Gasteiger partial charge < -0.3 is 9.47 Å². The molecule has 1 aliphatic heterocycles. The highest BCUT2D eigenvalue weighted by atomic mass is 16.5. The Kier molecular flexibility index (Phi) is 2.85. The summed E-state index contributed by atoms with van der Waals surface area (Å²) in [7, 11) is 0. The number of Topliss-reactive ketones (excluding diaryl/α,β-unsaturated/α-hetero) is 1. The molecule has 1 saturated heterocycles. The molecule has 1 heterocycles. The average Bonchev–Trinajstić information content (AvgIpc) is 1.83. The maximum Gasteiger partial charge on any atom is 0.142 e. The van der Waals surface area contributed by atoms with Gasteiger partial charge in [-0.05, 0) is 20.8 Å². The van der Waals surface area contributed by atoms with Gasteiger partial charge in [-0.15, -0.1) is 0 Å². The van der Waals surface area contributed by atoms with Crippen LogP contribution in [0.3, 0.4) is 0 Å². The highest BCUT2D eigenvalue weighted by Crippen LogP contribution is 2.29. The lowest BCUT2D eigenvalue weighted by Crippen LogP contribution is -2.51. The van der Waals surface area contributed by atoms with Crippen molar-refractivity contribution < 1.29 is 14.3 Å². The first-order valence-corrected chi connectivity index (χ1v) is 4.27. The smallest absolute Gasteiger partial charge is 0.142 e. The number of carbonyl (C=O) groups excluding carboxylic acids is 1. The van der Waals surface area contributed by atoms with Gasteiger partial charge in [0.1, 0.15) is 5.78 Å². The van der Waals surface area contributed by atoms with Gasteiger partial charge in [0.25, 0.3) is 0 Å².